The molecule has 0 radical (unpaired) electrons. The molecule has 1 aliphatic rings. The zero-order valence-corrected chi connectivity index (χ0v) is 12.9. The molecule has 0 saturated heterocycles. The largest absolute Gasteiger partial charge is 0.496 e. The van der Waals surface area contributed by atoms with Crippen LogP contribution in [0.25, 0.3) is 0 Å². The Labute approximate surface area is 124 Å². The van der Waals surface area contributed by atoms with Crippen molar-refractivity contribution < 1.29 is 13.5 Å². The zero-order valence-electron chi connectivity index (χ0n) is 12.9. The highest BCUT2D eigenvalue weighted by Gasteiger charge is 2.38. The lowest BCUT2D eigenvalue weighted by molar-refractivity contribution is -0.0498. The van der Waals surface area contributed by atoms with Crippen LogP contribution in [-0.4, -0.2) is 13.0 Å². The van der Waals surface area contributed by atoms with Crippen LogP contribution in [0, 0.1) is 19.8 Å². The van der Waals surface area contributed by atoms with Crippen LogP contribution in [0.15, 0.2) is 12.1 Å². The third kappa shape index (κ3) is 3.35. The van der Waals surface area contributed by atoms with Crippen LogP contribution in [0.4, 0.5) is 8.78 Å². The number of ether oxygens (including phenoxy) is 1. The topological polar surface area (TPSA) is 47.3 Å². The molecule has 1 saturated carbocycles. The van der Waals surface area contributed by atoms with Gasteiger partial charge in [-0.2, -0.15) is 0 Å². The Morgan fingerprint density at radius 2 is 1.90 bits per heavy atom. The lowest BCUT2D eigenvalue weighted by atomic mass is 9.79. The second kappa shape index (κ2) is 6.28. The van der Waals surface area contributed by atoms with Crippen LogP contribution in [0.1, 0.15) is 48.4 Å². The van der Waals surface area contributed by atoms with E-state index < -0.39 is 5.92 Å². The number of hydrogen-bond acceptors (Lipinski definition) is 3. The third-order valence-corrected chi connectivity index (χ3v) is 4.66. The van der Waals surface area contributed by atoms with E-state index in [1.54, 1.807) is 7.11 Å². The van der Waals surface area contributed by atoms with E-state index in [0.717, 1.165) is 22.4 Å². The van der Waals surface area contributed by atoms with Gasteiger partial charge in [-0.3, -0.25) is 11.3 Å². The van der Waals surface area contributed by atoms with Gasteiger partial charge in [0.25, 0.3) is 0 Å². The molecule has 1 aliphatic carbocycles. The maximum absolute atomic E-state index is 13.3. The molecule has 118 valence electrons. The molecular weight excluding hydrogens is 274 g/mol. The summed E-state index contributed by atoms with van der Waals surface area (Å²) in [6.45, 7) is 4.02. The predicted molar refractivity (Wildman–Crippen MR) is 79.4 cm³/mol. The fourth-order valence-corrected chi connectivity index (χ4v) is 3.20. The number of rotatable bonds is 4. The summed E-state index contributed by atoms with van der Waals surface area (Å²) in [5.41, 5.74) is 5.98. The normalized spacial score (nSPS) is 20.3. The molecule has 1 fully saturated rings. The van der Waals surface area contributed by atoms with Crippen molar-refractivity contribution in [1.82, 2.24) is 5.43 Å². The summed E-state index contributed by atoms with van der Waals surface area (Å²) in [6, 6.07) is 3.85. The summed E-state index contributed by atoms with van der Waals surface area (Å²) in [5, 5.41) is 0. The monoisotopic (exact) mass is 298 g/mol. The summed E-state index contributed by atoms with van der Waals surface area (Å²) in [4.78, 5) is 0. The lowest BCUT2D eigenvalue weighted by Crippen LogP contribution is -2.37. The molecule has 1 atom stereocenters. The molecule has 0 aromatic heterocycles. The smallest absolute Gasteiger partial charge is 0.248 e. The molecular formula is C16H24F2N2O. The van der Waals surface area contributed by atoms with Crippen LogP contribution in [0.3, 0.4) is 0 Å². The summed E-state index contributed by atoms with van der Waals surface area (Å²) in [5.74, 6) is 4.10. The van der Waals surface area contributed by atoms with Crippen molar-refractivity contribution >= 4 is 0 Å². The maximum atomic E-state index is 13.3. The fourth-order valence-electron chi connectivity index (χ4n) is 3.20. The van der Waals surface area contributed by atoms with E-state index in [2.05, 4.69) is 5.43 Å². The number of methoxy groups -OCH3 is 1. The summed E-state index contributed by atoms with van der Waals surface area (Å²) < 4.78 is 32.2. The van der Waals surface area contributed by atoms with Gasteiger partial charge in [0.15, 0.2) is 0 Å². The van der Waals surface area contributed by atoms with Gasteiger partial charge in [-0.05, 0) is 43.7 Å². The van der Waals surface area contributed by atoms with E-state index in [0.29, 0.717) is 12.8 Å². The van der Waals surface area contributed by atoms with Crippen molar-refractivity contribution in [2.45, 2.75) is 51.5 Å². The van der Waals surface area contributed by atoms with Crippen LogP contribution in [-0.2, 0) is 0 Å². The number of hydrogen-bond donors (Lipinski definition) is 2. The lowest BCUT2D eigenvalue weighted by Gasteiger charge is -2.34. The van der Waals surface area contributed by atoms with Crippen LogP contribution in [0.2, 0.25) is 0 Å². The van der Waals surface area contributed by atoms with E-state index in [-0.39, 0.29) is 24.8 Å². The van der Waals surface area contributed by atoms with Gasteiger partial charge in [0, 0.05) is 18.4 Å². The van der Waals surface area contributed by atoms with E-state index in [4.69, 9.17) is 10.6 Å². The SMILES string of the molecule is COc1c(C(NN)C2CCC(F)(F)CC2)ccc(C)c1C. The average Bonchev–Trinajstić information content (AvgIpc) is 2.45. The van der Waals surface area contributed by atoms with E-state index in [9.17, 15) is 8.78 Å². The highest BCUT2D eigenvalue weighted by atomic mass is 19.3. The number of aryl methyl sites for hydroxylation is 1. The molecule has 0 aliphatic heterocycles. The first-order valence-corrected chi connectivity index (χ1v) is 7.37. The van der Waals surface area contributed by atoms with E-state index >= 15 is 0 Å². The Morgan fingerprint density at radius 1 is 1.29 bits per heavy atom. The number of nitrogens with one attached hydrogen (secondary N) is 1. The number of hydrazine groups is 1. The minimum absolute atomic E-state index is 0.0665. The molecule has 3 N–H and O–H groups in total. The molecule has 2 rings (SSSR count). The number of benzene rings is 1. The second-order valence-corrected chi connectivity index (χ2v) is 5.97. The molecule has 1 unspecified atom stereocenters. The van der Waals surface area contributed by atoms with Gasteiger partial charge < -0.3 is 4.74 Å². The Morgan fingerprint density at radius 3 is 2.43 bits per heavy atom. The predicted octanol–water partition coefficient (Wildman–Crippen LogP) is 3.64. The first-order chi connectivity index (χ1) is 9.89. The van der Waals surface area contributed by atoms with Gasteiger partial charge in [0.2, 0.25) is 5.92 Å². The van der Waals surface area contributed by atoms with Gasteiger partial charge in [0.1, 0.15) is 5.75 Å². The van der Waals surface area contributed by atoms with Crippen molar-refractivity contribution in [2.75, 3.05) is 7.11 Å². The van der Waals surface area contributed by atoms with E-state index in [1.807, 2.05) is 26.0 Å². The van der Waals surface area contributed by atoms with Gasteiger partial charge >= 0.3 is 0 Å². The summed E-state index contributed by atoms with van der Waals surface area (Å²) >= 11 is 0. The fraction of sp³-hybridized carbons (Fsp3) is 0.625. The van der Waals surface area contributed by atoms with Crippen molar-refractivity contribution in [1.29, 1.82) is 0 Å². The minimum atomic E-state index is -2.52. The first kappa shape index (κ1) is 16.2. The van der Waals surface area contributed by atoms with Crippen LogP contribution in [0.5, 0.6) is 5.75 Å². The highest BCUT2D eigenvalue weighted by molar-refractivity contribution is 5.47. The van der Waals surface area contributed by atoms with Crippen molar-refractivity contribution in [3.05, 3.63) is 28.8 Å². The number of halogens is 2. The van der Waals surface area contributed by atoms with Gasteiger partial charge in [0.05, 0.1) is 13.2 Å². The molecule has 5 heteroatoms. The zero-order chi connectivity index (χ0) is 15.6. The Bertz CT molecular complexity index is 495. The first-order valence-electron chi connectivity index (χ1n) is 7.37. The van der Waals surface area contributed by atoms with Crippen molar-refractivity contribution in [3.8, 4) is 5.75 Å². The summed E-state index contributed by atoms with van der Waals surface area (Å²) in [6.07, 6.45) is 0.807. The minimum Gasteiger partial charge on any atom is -0.496 e. The quantitative estimate of drug-likeness (QED) is 0.659. The molecule has 0 amide bonds. The van der Waals surface area contributed by atoms with Crippen molar-refractivity contribution in [3.63, 3.8) is 0 Å². The number of alkyl halides is 2. The van der Waals surface area contributed by atoms with Crippen LogP contribution < -0.4 is 16.0 Å². The van der Waals surface area contributed by atoms with E-state index in [1.165, 1.54) is 0 Å². The average molecular weight is 298 g/mol. The van der Waals surface area contributed by atoms with Gasteiger partial charge in [-0.15, -0.1) is 0 Å². The highest BCUT2D eigenvalue weighted by Crippen LogP contribution is 2.43. The third-order valence-electron chi connectivity index (χ3n) is 4.66. The standard InChI is InChI=1S/C16H24F2N2O/c1-10-4-5-13(15(21-3)11(10)2)14(20-19)12-6-8-16(17,18)9-7-12/h4-5,12,14,20H,6-9,19H2,1-3H3. The van der Waals surface area contributed by atoms with Crippen molar-refractivity contribution in [2.24, 2.45) is 11.8 Å². The number of nitrogens with two attached hydrogens (primary N) is 1. The molecule has 0 spiro atoms. The molecule has 3 nitrogen and oxygen atoms in total. The molecule has 1 aromatic carbocycles. The molecule has 21 heavy (non-hydrogen) atoms. The van der Waals surface area contributed by atoms with Gasteiger partial charge in [-0.25, -0.2) is 8.78 Å². The molecule has 0 bridgehead atoms. The Hall–Kier alpha value is -1.20. The Kier molecular flexibility index (Phi) is 4.84. The van der Waals surface area contributed by atoms with Gasteiger partial charge in [-0.1, -0.05) is 12.1 Å². The maximum Gasteiger partial charge on any atom is 0.248 e. The summed E-state index contributed by atoms with van der Waals surface area (Å²) in [7, 11) is 1.63. The molecule has 1 aromatic rings. The second-order valence-electron chi connectivity index (χ2n) is 5.97. The van der Waals surface area contributed by atoms with Crippen LogP contribution >= 0.6 is 0 Å². The molecule has 0 heterocycles. The Balaban J connectivity index is 2.28.